The van der Waals surface area contributed by atoms with Crippen LogP contribution in [0.3, 0.4) is 0 Å². The predicted molar refractivity (Wildman–Crippen MR) is 114 cm³/mol. The van der Waals surface area contributed by atoms with Crippen LogP contribution in [0, 0.1) is 0 Å². The maximum Gasteiger partial charge on any atom is 0.179 e. The Morgan fingerprint density at radius 1 is 0.552 bits per heavy atom. The summed E-state index contributed by atoms with van der Waals surface area (Å²) in [4.78, 5) is 0. The minimum atomic E-state index is -1.61. The zero-order valence-electron chi connectivity index (χ0n) is 15.3. The van der Waals surface area contributed by atoms with Crippen LogP contribution < -0.4 is 0 Å². The molecule has 4 heteroatoms. The average Bonchev–Trinajstić information content (AvgIpc) is 3.31. The van der Waals surface area contributed by atoms with Crippen molar-refractivity contribution in [3.05, 3.63) is 84.4 Å². The van der Waals surface area contributed by atoms with E-state index in [1.54, 1.807) is 12.1 Å². The number of para-hydroxylation sites is 2. The Morgan fingerprint density at radius 3 is 1.83 bits per heavy atom. The Hall–Kier alpha value is -3.60. The summed E-state index contributed by atoms with van der Waals surface area (Å²) in [7, 11) is 0. The summed E-state index contributed by atoms with van der Waals surface area (Å²) in [6, 6.07) is 25.0. The summed E-state index contributed by atoms with van der Waals surface area (Å²) in [6.45, 7) is 0. The molecule has 2 aromatic heterocycles. The van der Waals surface area contributed by atoms with Crippen molar-refractivity contribution in [1.82, 2.24) is 0 Å². The van der Waals surface area contributed by atoms with Crippen LogP contribution in [0.25, 0.3) is 55.0 Å². The zero-order valence-corrected chi connectivity index (χ0v) is 15.3. The van der Waals surface area contributed by atoms with Gasteiger partial charge in [0.2, 0.25) is 0 Å². The van der Waals surface area contributed by atoms with Crippen molar-refractivity contribution < 1.29 is 19.0 Å². The van der Waals surface area contributed by atoms with E-state index >= 15 is 0 Å². The Labute approximate surface area is 165 Å². The average molecular weight is 380 g/mol. The molecule has 0 spiro atoms. The first-order chi connectivity index (χ1) is 14.2. The number of rotatable bonds is 2. The van der Waals surface area contributed by atoms with Crippen molar-refractivity contribution in [3.63, 3.8) is 0 Å². The normalized spacial score (nSPS) is 12.1. The fraction of sp³-hybridized carbons (Fsp3) is 0.0400. The van der Waals surface area contributed by atoms with Crippen molar-refractivity contribution in [2.24, 2.45) is 0 Å². The third kappa shape index (κ3) is 2.27. The fourth-order valence-corrected chi connectivity index (χ4v) is 4.32. The van der Waals surface area contributed by atoms with Gasteiger partial charge in [-0.15, -0.1) is 0 Å². The van der Waals surface area contributed by atoms with E-state index < -0.39 is 6.29 Å². The number of benzene rings is 4. The van der Waals surface area contributed by atoms with Gasteiger partial charge in [0.05, 0.1) is 0 Å². The molecule has 0 saturated heterocycles. The van der Waals surface area contributed by atoms with Crippen LogP contribution in [0.1, 0.15) is 11.9 Å². The largest absolute Gasteiger partial charge is 0.456 e. The van der Waals surface area contributed by atoms with Crippen molar-refractivity contribution in [2.75, 3.05) is 0 Å². The molecule has 4 nitrogen and oxygen atoms in total. The molecule has 2 heterocycles. The van der Waals surface area contributed by atoms with Crippen LogP contribution in [-0.2, 0) is 0 Å². The molecule has 0 bridgehead atoms. The third-order valence-corrected chi connectivity index (χ3v) is 5.53. The van der Waals surface area contributed by atoms with E-state index in [0.717, 1.165) is 49.4 Å². The van der Waals surface area contributed by atoms with Gasteiger partial charge in [0.25, 0.3) is 0 Å². The molecular weight excluding hydrogens is 364 g/mol. The van der Waals surface area contributed by atoms with Gasteiger partial charge in [-0.05, 0) is 35.9 Å². The van der Waals surface area contributed by atoms with Gasteiger partial charge in [-0.25, -0.2) is 0 Å². The number of furan rings is 2. The lowest BCUT2D eigenvalue weighted by molar-refractivity contribution is -0.0419. The molecule has 0 fully saturated rings. The van der Waals surface area contributed by atoms with E-state index in [1.807, 2.05) is 66.7 Å². The molecule has 0 unspecified atom stereocenters. The molecular formula is C25H16O4. The highest BCUT2D eigenvalue weighted by Crippen LogP contribution is 2.44. The molecule has 0 radical (unpaired) electrons. The zero-order chi connectivity index (χ0) is 19.5. The van der Waals surface area contributed by atoms with E-state index in [2.05, 4.69) is 0 Å². The maximum absolute atomic E-state index is 10.2. The van der Waals surface area contributed by atoms with Gasteiger partial charge in [-0.2, -0.15) is 0 Å². The van der Waals surface area contributed by atoms with Crippen LogP contribution in [0.5, 0.6) is 0 Å². The Balaban J connectivity index is 1.86. The maximum atomic E-state index is 10.2. The Kier molecular flexibility index (Phi) is 3.36. The molecule has 6 aromatic rings. The van der Waals surface area contributed by atoms with Crippen LogP contribution >= 0.6 is 0 Å². The molecule has 0 aliphatic rings. The lowest BCUT2D eigenvalue weighted by atomic mass is 9.91. The molecule has 0 aliphatic heterocycles. The monoisotopic (exact) mass is 380 g/mol. The highest BCUT2D eigenvalue weighted by atomic mass is 16.5. The van der Waals surface area contributed by atoms with Gasteiger partial charge >= 0.3 is 0 Å². The van der Waals surface area contributed by atoms with E-state index in [1.165, 1.54) is 0 Å². The van der Waals surface area contributed by atoms with Crippen molar-refractivity contribution in [3.8, 4) is 11.1 Å². The number of hydrogen-bond donors (Lipinski definition) is 2. The molecule has 6 rings (SSSR count). The Bertz CT molecular complexity index is 1540. The summed E-state index contributed by atoms with van der Waals surface area (Å²) >= 11 is 0. The van der Waals surface area contributed by atoms with E-state index in [0.29, 0.717) is 11.1 Å². The third-order valence-electron chi connectivity index (χ3n) is 5.53. The van der Waals surface area contributed by atoms with Crippen molar-refractivity contribution in [1.29, 1.82) is 0 Å². The number of aliphatic hydroxyl groups is 2. The number of aliphatic hydroxyl groups excluding tert-OH is 1. The van der Waals surface area contributed by atoms with Crippen molar-refractivity contribution >= 4 is 43.9 Å². The molecule has 0 saturated carbocycles. The molecule has 140 valence electrons. The second-order valence-corrected chi connectivity index (χ2v) is 7.15. The van der Waals surface area contributed by atoms with Gasteiger partial charge in [0.15, 0.2) is 6.29 Å². The van der Waals surface area contributed by atoms with Gasteiger partial charge < -0.3 is 19.0 Å². The van der Waals surface area contributed by atoms with Crippen LogP contribution in [0.2, 0.25) is 0 Å². The first-order valence-corrected chi connectivity index (χ1v) is 9.43. The van der Waals surface area contributed by atoms with Gasteiger partial charge in [-0.1, -0.05) is 48.5 Å². The van der Waals surface area contributed by atoms with Crippen molar-refractivity contribution in [2.45, 2.75) is 6.29 Å². The number of hydrogen-bond acceptors (Lipinski definition) is 4. The van der Waals surface area contributed by atoms with E-state index in [-0.39, 0.29) is 0 Å². The first kappa shape index (κ1) is 16.4. The van der Waals surface area contributed by atoms with Crippen LogP contribution in [0.15, 0.2) is 87.7 Å². The highest BCUT2D eigenvalue weighted by Gasteiger charge is 2.22. The van der Waals surface area contributed by atoms with Crippen LogP contribution in [0.4, 0.5) is 0 Å². The minimum Gasteiger partial charge on any atom is -0.456 e. The summed E-state index contributed by atoms with van der Waals surface area (Å²) in [5.74, 6) is 0. The highest BCUT2D eigenvalue weighted by molar-refractivity contribution is 6.19. The predicted octanol–water partition coefficient (Wildman–Crippen LogP) is 6.14. The van der Waals surface area contributed by atoms with Gasteiger partial charge in [-0.3, -0.25) is 0 Å². The molecule has 0 atom stereocenters. The topological polar surface area (TPSA) is 66.7 Å². The lowest BCUT2D eigenvalue weighted by Gasteiger charge is -2.14. The van der Waals surface area contributed by atoms with Gasteiger partial charge in [0, 0.05) is 32.7 Å². The quantitative estimate of drug-likeness (QED) is 0.354. The summed E-state index contributed by atoms with van der Waals surface area (Å²) < 4.78 is 12.1. The molecule has 0 amide bonds. The second kappa shape index (κ2) is 5.95. The lowest BCUT2D eigenvalue weighted by Crippen LogP contribution is -1.99. The van der Waals surface area contributed by atoms with E-state index in [4.69, 9.17) is 8.83 Å². The fourth-order valence-electron chi connectivity index (χ4n) is 4.32. The summed E-state index contributed by atoms with van der Waals surface area (Å²) in [5, 5.41) is 24.1. The molecule has 0 aliphatic carbocycles. The molecule has 29 heavy (non-hydrogen) atoms. The second-order valence-electron chi connectivity index (χ2n) is 7.15. The smallest absolute Gasteiger partial charge is 0.179 e. The van der Waals surface area contributed by atoms with E-state index in [9.17, 15) is 10.2 Å². The minimum absolute atomic E-state index is 0.432. The standard InChI is InChI=1S/C25H16O4/c26-25(27)17-12-13-21-24(15-7-2-4-10-19(15)29-21)23(17)16-8-5-11-20-22(16)14-6-1-3-9-18(14)28-20/h1-13,25-27H. The molecule has 4 aromatic carbocycles. The number of fused-ring (bicyclic) bond motifs is 6. The summed E-state index contributed by atoms with van der Waals surface area (Å²) in [5.41, 5.74) is 5.08. The molecule has 2 N–H and O–H groups in total. The Morgan fingerprint density at radius 2 is 1.14 bits per heavy atom. The first-order valence-electron chi connectivity index (χ1n) is 9.43. The summed E-state index contributed by atoms with van der Waals surface area (Å²) in [6.07, 6.45) is -1.61. The SMILES string of the molecule is OC(O)c1ccc2oc3ccccc3c2c1-c1cccc2oc3ccccc3c12. The van der Waals surface area contributed by atoms with Crippen LogP contribution in [-0.4, -0.2) is 10.2 Å². The van der Waals surface area contributed by atoms with Gasteiger partial charge in [0.1, 0.15) is 22.3 Å².